The normalized spacial score (nSPS) is 11.7. The molecule has 1 aromatic carbocycles. The summed E-state index contributed by atoms with van der Waals surface area (Å²) < 4.78 is 32.7. The lowest BCUT2D eigenvalue weighted by molar-refractivity contribution is -0.0494. The largest absolute Gasteiger partial charge is 0.434 e. The minimum absolute atomic E-state index is 0.0220. The Morgan fingerprint density at radius 3 is 2.83 bits per heavy atom. The van der Waals surface area contributed by atoms with Crippen LogP contribution in [0.2, 0.25) is 0 Å². The zero-order valence-electron chi connectivity index (χ0n) is 11.9. The molecule has 4 aromatic rings. The van der Waals surface area contributed by atoms with Crippen LogP contribution in [0.25, 0.3) is 28.1 Å². The number of aryl methyl sites for hydroxylation is 1. The number of aromatic nitrogens is 6. The van der Waals surface area contributed by atoms with E-state index in [9.17, 15) is 8.78 Å². The van der Waals surface area contributed by atoms with Crippen LogP contribution in [0.3, 0.4) is 0 Å². The number of ether oxygens (including phenoxy) is 1. The molecule has 0 spiro atoms. The maximum absolute atomic E-state index is 12.5. The highest BCUT2D eigenvalue weighted by molar-refractivity contribution is 5.89. The van der Waals surface area contributed by atoms with E-state index in [4.69, 9.17) is 0 Å². The number of hydrogen-bond donors (Lipinski definition) is 0. The van der Waals surface area contributed by atoms with Crippen LogP contribution in [0, 0.1) is 0 Å². The maximum Gasteiger partial charge on any atom is 0.387 e. The van der Waals surface area contributed by atoms with Crippen molar-refractivity contribution in [1.82, 2.24) is 29.4 Å². The first-order valence-electron chi connectivity index (χ1n) is 6.71. The first kappa shape index (κ1) is 13.6. The summed E-state index contributed by atoms with van der Waals surface area (Å²) in [5.74, 6) is 0.299. The number of para-hydroxylation sites is 1. The molecule has 0 aliphatic carbocycles. The summed E-state index contributed by atoms with van der Waals surface area (Å²) in [7, 11) is 1.77. The zero-order chi connectivity index (χ0) is 16.0. The van der Waals surface area contributed by atoms with Crippen molar-refractivity contribution in [2.75, 3.05) is 0 Å². The van der Waals surface area contributed by atoms with E-state index < -0.39 is 6.61 Å². The fourth-order valence-corrected chi connectivity index (χ4v) is 2.40. The van der Waals surface area contributed by atoms with Gasteiger partial charge in [0.1, 0.15) is 12.1 Å². The molecule has 0 fully saturated rings. The highest BCUT2D eigenvalue weighted by atomic mass is 19.3. The lowest BCUT2D eigenvalue weighted by Gasteiger charge is -2.07. The molecule has 4 rings (SSSR count). The van der Waals surface area contributed by atoms with Crippen molar-refractivity contribution < 1.29 is 13.5 Å². The van der Waals surface area contributed by atoms with Gasteiger partial charge in [0.25, 0.3) is 0 Å². The average Bonchev–Trinajstić information content (AvgIpc) is 3.11. The highest BCUT2D eigenvalue weighted by Crippen LogP contribution is 2.29. The topological polar surface area (TPSA) is 70.1 Å². The molecule has 0 aliphatic heterocycles. The number of nitrogens with zero attached hydrogens (tertiary/aromatic N) is 6. The molecule has 0 unspecified atom stereocenters. The van der Waals surface area contributed by atoms with E-state index in [-0.39, 0.29) is 11.6 Å². The molecular weight excluding hydrogens is 306 g/mol. The molecule has 116 valence electrons. The van der Waals surface area contributed by atoms with Gasteiger partial charge in [-0.15, -0.1) is 5.10 Å². The molecule has 0 amide bonds. The Hall–Kier alpha value is -3.10. The van der Waals surface area contributed by atoms with Crippen LogP contribution < -0.4 is 4.74 Å². The minimum Gasteiger partial charge on any atom is -0.434 e. The van der Waals surface area contributed by atoms with Gasteiger partial charge in [-0.3, -0.25) is 4.68 Å². The van der Waals surface area contributed by atoms with Gasteiger partial charge < -0.3 is 4.74 Å². The number of benzene rings is 1. The van der Waals surface area contributed by atoms with Gasteiger partial charge in [-0.05, 0) is 12.1 Å². The zero-order valence-corrected chi connectivity index (χ0v) is 11.9. The van der Waals surface area contributed by atoms with Crippen LogP contribution in [0.15, 0.2) is 36.8 Å². The number of hydrogen-bond acceptors (Lipinski definition) is 5. The Labute approximate surface area is 128 Å². The van der Waals surface area contributed by atoms with E-state index in [1.54, 1.807) is 36.1 Å². The molecule has 23 heavy (non-hydrogen) atoms. The molecule has 9 heteroatoms. The van der Waals surface area contributed by atoms with Crippen molar-refractivity contribution in [1.29, 1.82) is 0 Å². The predicted octanol–water partition coefficient (Wildman–Crippen LogP) is 2.28. The van der Waals surface area contributed by atoms with Gasteiger partial charge in [0.2, 0.25) is 0 Å². The van der Waals surface area contributed by atoms with E-state index in [0.29, 0.717) is 16.9 Å². The molecule has 0 aliphatic rings. The standard InChI is InChI=1S/C14H10F2N6O/c1-21-12-9(6-18-21)13-19-11(20-22(13)7-17-12)8-4-2-3-5-10(8)23-14(15)16/h2-7,14H,1H3. The molecule has 3 heterocycles. The van der Waals surface area contributed by atoms with Gasteiger partial charge in [0.15, 0.2) is 17.1 Å². The van der Waals surface area contributed by atoms with Crippen LogP contribution in [0.1, 0.15) is 0 Å². The predicted molar refractivity (Wildman–Crippen MR) is 77.1 cm³/mol. The number of rotatable bonds is 3. The third-order valence-corrected chi connectivity index (χ3v) is 3.41. The van der Waals surface area contributed by atoms with Crippen LogP contribution in [-0.4, -0.2) is 36.0 Å². The summed E-state index contributed by atoms with van der Waals surface area (Å²) in [6.07, 6.45) is 3.14. The Balaban J connectivity index is 1.92. The van der Waals surface area contributed by atoms with Gasteiger partial charge in [-0.1, -0.05) is 12.1 Å². The quantitative estimate of drug-likeness (QED) is 0.580. The Kier molecular flexibility index (Phi) is 2.93. The molecule has 0 saturated carbocycles. The lowest BCUT2D eigenvalue weighted by atomic mass is 10.2. The smallest absolute Gasteiger partial charge is 0.387 e. The third kappa shape index (κ3) is 2.17. The van der Waals surface area contributed by atoms with Crippen molar-refractivity contribution >= 4 is 16.7 Å². The number of halogens is 2. The molecule has 0 atom stereocenters. The average molecular weight is 316 g/mol. The van der Waals surface area contributed by atoms with Gasteiger partial charge >= 0.3 is 6.61 Å². The van der Waals surface area contributed by atoms with Crippen LogP contribution in [-0.2, 0) is 7.05 Å². The van der Waals surface area contributed by atoms with Gasteiger partial charge in [0, 0.05) is 7.05 Å². The molecule has 3 aromatic heterocycles. The second-order valence-electron chi connectivity index (χ2n) is 4.83. The van der Waals surface area contributed by atoms with Crippen LogP contribution in [0.5, 0.6) is 5.75 Å². The summed E-state index contributed by atoms with van der Waals surface area (Å²) in [5, 5.41) is 9.15. The minimum atomic E-state index is -2.92. The number of alkyl halides is 2. The summed E-state index contributed by atoms with van der Waals surface area (Å²) in [6.45, 7) is -2.92. The molecule has 0 N–H and O–H groups in total. The summed E-state index contributed by atoms with van der Waals surface area (Å²) >= 11 is 0. The van der Waals surface area contributed by atoms with Gasteiger partial charge in [-0.2, -0.15) is 13.9 Å². The van der Waals surface area contributed by atoms with E-state index in [0.717, 1.165) is 5.39 Å². The fourth-order valence-electron chi connectivity index (χ4n) is 2.40. The number of fused-ring (bicyclic) bond motifs is 3. The molecule has 0 bridgehead atoms. The van der Waals surface area contributed by atoms with Crippen molar-refractivity contribution in [3.05, 3.63) is 36.8 Å². The molecule has 0 radical (unpaired) electrons. The van der Waals surface area contributed by atoms with Crippen molar-refractivity contribution in [3.63, 3.8) is 0 Å². The van der Waals surface area contributed by atoms with Gasteiger partial charge in [0.05, 0.1) is 17.1 Å². The fraction of sp³-hybridized carbons (Fsp3) is 0.143. The van der Waals surface area contributed by atoms with Crippen LogP contribution >= 0.6 is 0 Å². The summed E-state index contributed by atoms with van der Waals surface area (Å²) in [4.78, 5) is 8.68. The SMILES string of the molecule is Cn1ncc2c1ncn1nc(-c3ccccc3OC(F)F)nc21. The summed E-state index contributed by atoms with van der Waals surface area (Å²) in [5.41, 5.74) is 1.59. The van der Waals surface area contributed by atoms with E-state index in [2.05, 4.69) is 24.9 Å². The summed E-state index contributed by atoms with van der Waals surface area (Å²) in [6, 6.07) is 6.39. The lowest BCUT2D eigenvalue weighted by Crippen LogP contribution is -2.03. The maximum atomic E-state index is 12.5. The Morgan fingerprint density at radius 2 is 2.00 bits per heavy atom. The monoisotopic (exact) mass is 316 g/mol. The van der Waals surface area contributed by atoms with Gasteiger partial charge in [-0.25, -0.2) is 14.5 Å². The Bertz CT molecular complexity index is 1010. The first-order valence-corrected chi connectivity index (χ1v) is 6.71. The van der Waals surface area contributed by atoms with Crippen molar-refractivity contribution in [2.45, 2.75) is 6.61 Å². The van der Waals surface area contributed by atoms with E-state index in [1.807, 2.05) is 0 Å². The highest BCUT2D eigenvalue weighted by Gasteiger charge is 2.16. The molecule has 7 nitrogen and oxygen atoms in total. The van der Waals surface area contributed by atoms with E-state index >= 15 is 0 Å². The van der Waals surface area contributed by atoms with Crippen molar-refractivity contribution in [2.24, 2.45) is 7.05 Å². The molecular formula is C14H10F2N6O. The Morgan fingerprint density at radius 1 is 1.17 bits per heavy atom. The second-order valence-corrected chi connectivity index (χ2v) is 4.83. The molecule has 0 saturated heterocycles. The third-order valence-electron chi connectivity index (χ3n) is 3.41. The van der Waals surface area contributed by atoms with Crippen LogP contribution in [0.4, 0.5) is 8.78 Å². The van der Waals surface area contributed by atoms with Crippen molar-refractivity contribution in [3.8, 4) is 17.1 Å². The second kappa shape index (κ2) is 4.97. The first-order chi connectivity index (χ1) is 11.1. The van der Waals surface area contributed by atoms with E-state index in [1.165, 1.54) is 16.9 Å².